The molecule has 2 fully saturated rings. The zero-order chi connectivity index (χ0) is 14.7. The second-order valence-corrected chi connectivity index (χ2v) is 6.95. The van der Waals surface area contributed by atoms with E-state index in [0.717, 1.165) is 30.0 Å². The molecule has 3 rings (SSSR count). The van der Waals surface area contributed by atoms with Crippen LogP contribution in [0.1, 0.15) is 25.7 Å². The molecule has 2 aliphatic rings. The number of rotatable bonds is 7. The normalized spacial score (nSPS) is 28.8. The van der Waals surface area contributed by atoms with E-state index in [-0.39, 0.29) is 0 Å². The van der Waals surface area contributed by atoms with Gasteiger partial charge in [-0.25, -0.2) is 0 Å². The minimum atomic E-state index is -0.473. The third-order valence-corrected chi connectivity index (χ3v) is 5.18. The summed E-state index contributed by atoms with van der Waals surface area (Å²) in [6.45, 7) is 1.95. The van der Waals surface area contributed by atoms with Crippen molar-refractivity contribution in [3.63, 3.8) is 0 Å². The molecule has 4 heteroatoms. The summed E-state index contributed by atoms with van der Waals surface area (Å²) in [7, 11) is 0. The molecule has 0 aromatic heterocycles. The van der Waals surface area contributed by atoms with Gasteiger partial charge >= 0.3 is 0 Å². The Morgan fingerprint density at radius 2 is 2.05 bits per heavy atom. The van der Waals surface area contributed by atoms with E-state index in [1.54, 1.807) is 12.1 Å². The number of hydrogen-bond acceptors (Lipinski definition) is 3. The number of benzene rings is 1. The summed E-state index contributed by atoms with van der Waals surface area (Å²) < 4.78 is 5.55. The first kappa shape index (κ1) is 15.1. The molecule has 3 nitrogen and oxygen atoms in total. The number of aliphatic hydroxyl groups is 1. The monoisotopic (exact) mass is 309 g/mol. The van der Waals surface area contributed by atoms with E-state index >= 15 is 0 Å². The number of nitrogens with one attached hydrogen (secondary N) is 1. The highest BCUT2D eigenvalue weighted by molar-refractivity contribution is 6.30. The van der Waals surface area contributed by atoms with E-state index in [0.29, 0.717) is 18.2 Å². The van der Waals surface area contributed by atoms with Gasteiger partial charge in [-0.2, -0.15) is 0 Å². The molecule has 4 unspecified atom stereocenters. The number of halogens is 1. The van der Waals surface area contributed by atoms with E-state index in [1.807, 2.05) is 12.1 Å². The molecule has 1 aromatic carbocycles. The molecule has 2 aliphatic carbocycles. The summed E-state index contributed by atoms with van der Waals surface area (Å²) in [6, 6.07) is 7.21. The average Bonchev–Trinajstić information content (AvgIpc) is 3.09. The van der Waals surface area contributed by atoms with E-state index < -0.39 is 6.10 Å². The molecule has 0 amide bonds. The van der Waals surface area contributed by atoms with Crippen LogP contribution in [0.5, 0.6) is 5.75 Å². The maximum atomic E-state index is 9.96. The molecule has 2 bridgehead atoms. The molecule has 21 heavy (non-hydrogen) atoms. The fourth-order valence-electron chi connectivity index (χ4n) is 3.84. The van der Waals surface area contributed by atoms with Gasteiger partial charge in [0, 0.05) is 11.6 Å². The van der Waals surface area contributed by atoms with Crippen LogP contribution in [0.3, 0.4) is 0 Å². The molecule has 0 saturated heterocycles. The predicted molar refractivity (Wildman–Crippen MR) is 84.8 cm³/mol. The lowest BCUT2D eigenvalue weighted by molar-refractivity contribution is 0.104. The number of fused-ring (bicyclic) bond motifs is 2. The van der Waals surface area contributed by atoms with E-state index in [4.69, 9.17) is 16.3 Å². The molecule has 0 radical (unpaired) electrons. The highest BCUT2D eigenvalue weighted by Crippen LogP contribution is 2.47. The minimum absolute atomic E-state index is 0.311. The largest absolute Gasteiger partial charge is 0.491 e. The van der Waals surface area contributed by atoms with Crippen molar-refractivity contribution < 1.29 is 9.84 Å². The molecule has 4 atom stereocenters. The van der Waals surface area contributed by atoms with Crippen molar-refractivity contribution in [3.8, 4) is 5.75 Å². The Hall–Kier alpha value is -0.770. The average molecular weight is 310 g/mol. The van der Waals surface area contributed by atoms with Gasteiger partial charge in [-0.1, -0.05) is 18.0 Å². The molecule has 116 valence electrons. The van der Waals surface area contributed by atoms with Crippen LogP contribution < -0.4 is 10.1 Å². The quantitative estimate of drug-likeness (QED) is 0.813. The van der Waals surface area contributed by atoms with Crippen LogP contribution in [0.25, 0.3) is 0 Å². The van der Waals surface area contributed by atoms with Gasteiger partial charge in [0.1, 0.15) is 18.5 Å². The van der Waals surface area contributed by atoms with Crippen LogP contribution in [-0.2, 0) is 0 Å². The summed E-state index contributed by atoms with van der Waals surface area (Å²) in [5.41, 5.74) is 0. The summed E-state index contributed by atoms with van der Waals surface area (Å²) in [5, 5.41) is 14.1. The van der Waals surface area contributed by atoms with Crippen LogP contribution in [-0.4, -0.2) is 30.9 Å². The van der Waals surface area contributed by atoms with Gasteiger partial charge in [0.15, 0.2) is 0 Å². The smallest absolute Gasteiger partial charge is 0.119 e. The Morgan fingerprint density at radius 1 is 1.24 bits per heavy atom. The Morgan fingerprint density at radius 3 is 2.71 bits per heavy atom. The third-order valence-electron chi connectivity index (χ3n) is 4.93. The first-order valence-corrected chi connectivity index (χ1v) is 8.35. The Labute approximate surface area is 131 Å². The van der Waals surface area contributed by atoms with E-state index in [9.17, 15) is 5.11 Å². The first-order chi connectivity index (χ1) is 10.2. The SMILES string of the molecule is OC(CNCC1CC2CCC1C2)COc1ccc(Cl)cc1. The fourth-order valence-corrected chi connectivity index (χ4v) is 3.97. The Bertz CT molecular complexity index is 451. The van der Waals surface area contributed by atoms with Crippen LogP contribution in [0.2, 0.25) is 5.02 Å². The number of ether oxygens (including phenoxy) is 1. The van der Waals surface area contributed by atoms with Crippen LogP contribution >= 0.6 is 11.6 Å². The van der Waals surface area contributed by atoms with Crippen molar-refractivity contribution in [2.24, 2.45) is 17.8 Å². The number of hydrogen-bond donors (Lipinski definition) is 2. The van der Waals surface area contributed by atoms with Crippen molar-refractivity contribution >= 4 is 11.6 Å². The molecule has 0 aliphatic heterocycles. The first-order valence-electron chi connectivity index (χ1n) is 7.98. The highest BCUT2D eigenvalue weighted by atomic mass is 35.5. The van der Waals surface area contributed by atoms with E-state index in [1.165, 1.54) is 25.7 Å². The van der Waals surface area contributed by atoms with Crippen molar-refractivity contribution in [3.05, 3.63) is 29.3 Å². The van der Waals surface area contributed by atoms with Gasteiger partial charge in [-0.05, 0) is 67.8 Å². The molecule has 0 spiro atoms. The van der Waals surface area contributed by atoms with Gasteiger partial charge < -0.3 is 15.2 Å². The molecular weight excluding hydrogens is 286 g/mol. The summed E-state index contributed by atoms with van der Waals surface area (Å²) >= 11 is 5.82. The Kier molecular flexibility index (Phi) is 5.04. The molecule has 1 aromatic rings. The topological polar surface area (TPSA) is 41.5 Å². The lowest BCUT2D eigenvalue weighted by atomic mass is 9.89. The summed E-state index contributed by atoms with van der Waals surface area (Å²) in [6.07, 6.45) is 5.21. The zero-order valence-electron chi connectivity index (χ0n) is 12.3. The minimum Gasteiger partial charge on any atom is -0.491 e. The second-order valence-electron chi connectivity index (χ2n) is 6.51. The van der Waals surface area contributed by atoms with Crippen molar-refractivity contribution in [2.75, 3.05) is 19.7 Å². The molecule has 2 saturated carbocycles. The molecule has 0 heterocycles. The highest BCUT2D eigenvalue weighted by Gasteiger charge is 2.38. The van der Waals surface area contributed by atoms with E-state index in [2.05, 4.69) is 5.32 Å². The zero-order valence-corrected chi connectivity index (χ0v) is 13.1. The summed E-state index contributed by atoms with van der Waals surface area (Å²) in [4.78, 5) is 0. The molecule has 2 N–H and O–H groups in total. The standard InChI is InChI=1S/C17H24ClNO2/c18-15-3-5-17(6-4-15)21-11-16(20)10-19-9-14-8-12-1-2-13(14)7-12/h3-6,12-14,16,19-20H,1-2,7-11H2. The number of aliphatic hydroxyl groups excluding tert-OH is 1. The third kappa shape index (κ3) is 4.12. The lowest BCUT2D eigenvalue weighted by Gasteiger charge is -2.22. The Balaban J connectivity index is 1.31. The lowest BCUT2D eigenvalue weighted by Crippen LogP contribution is -2.35. The summed E-state index contributed by atoms with van der Waals surface area (Å²) in [5.74, 6) is 3.49. The fraction of sp³-hybridized carbons (Fsp3) is 0.647. The van der Waals surface area contributed by atoms with Gasteiger partial charge in [0.05, 0.1) is 0 Å². The van der Waals surface area contributed by atoms with Gasteiger partial charge in [-0.15, -0.1) is 0 Å². The maximum absolute atomic E-state index is 9.96. The van der Waals surface area contributed by atoms with Gasteiger partial charge in [0.25, 0.3) is 0 Å². The maximum Gasteiger partial charge on any atom is 0.119 e. The predicted octanol–water partition coefficient (Wildman–Crippen LogP) is 3.11. The van der Waals surface area contributed by atoms with Crippen molar-refractivity contribution in [1.82, 2.24) is 5.32 Å². The van der Waals surface area contributed by atoms with Gasteiger partial charge in [0.2, 0.25) is 0 Å². The van der Waals surface area contributed by atoms with Gasteiger partial charge in [-0.3, -0.25) is 0 Å². The van der Waals surface area contributed by atoms with Crippen molar-refractivity contribution in [2.45, 2.75) is 31.8 Å². The molecular formula is C17H24ClNO2. The van der Waals surface area contributed by atoms with Crippen LogP contribution in [0.4, 0.5) is 0 Å². The second kappa shape index (κ2) is 6.99. The van der Waals surface area contributed by atoms with Crippen molar-refractivity contribution in [1.29, 1.82) is 0 Å². The van der Waals surface area contributed by atoms with Crippen LogP contribution in [0, 0.1) is 17.8 Å². The van der Waals surface area contributed by atoms with Crippen LogP contribution in [0.15, 0.2) is 24.3 Å².